The molecule has 0 radical (unpaired) electrons. The number of carbonyl (C=O) groups is 3. The zero-order valence-corrected chi connectivity index (χ0v) is 27.7. The van der Waals surface area contributed by atoms with Gasteiger partial charge in [0.1, 0.15) is 11.8 Å². The summed E-state index contributed by atoms with van der Waals surface area (Å²) in [5, 5.41) is 3.14. The van der Waals surface area contributed by atoms with Crippen LogP contribution in [0.25, 0.3) is 11.1 Å². The molecule has 248 valence electrons. The predicted molar refractivity (Wildman–Crippen MR) is 190 cm³/mol. The third-order valence-corrected chi connectivity index (χ3v) is 9.54. The number of hydrogen-bond donors (Lipinski definition) is 2. The third kappa shape index (κ3) is 7.38. The molecule has 0 saturated heterocycles. The predicted octanol–water partition coefficient (Wildman–Crippen LogP) is 6.85. The van der Waals surface area contributed by atoms with Crippen molar-refractivity contribution in [3.63, 3.8) is 0 Å². The van der Waals surface area contributed by atoms with Crippen molar-refractivity contribution in [3.8, 4) is 16.9 Å². The van der Waals surface area contributed by atoms with Gasteiger partial charge in [-0.3, -0.25) is 14.4 Å². The van der Waals surface area contributed by atoms with Gasteiger partial charge < -0.3 is 25.6 Å². The first-order chi connectivity index (χ1) is 23.4. The van der Waals surface area contributed by atoms with Gasteiger partial charge in [0.15, 0.2) is 0 Å². The largest absolute Gasteiger partial charge is 0.497 e. The molecule has 4 aromatic carbocycles. The van der Waals surface area contributed by atoms with Gasteiger partial charge in [0.2, 0.25) is 11.8 Å². The zero-order chi connectivity index (χ0) is 33.6. The van der Waals surface area contributed by atoms with Gasteiger partial charge in [-0.05, 0) is 77.9 Å². The van der Waals surface area contributed by atoms with Crippen LogP contribution < -0.4 is 25.6 Å². The fourth-order valence-electron chi connectivity index (χ4n) is 6.82. The van der Waals surface area contributed by atoms with E-state index in [-0.39, 0.29) is 18.4 Å². The van der Waals surface area contributed by atoms with Crippen LogP contribution in [0.5, 0.6) is 5.75 Å². The van der Waals surface area contributed by atoms with E-state index in [1.54, 1.807) is 12.0 Å². The molecule has 6 rings (SSSR count). The highest BCUT2D eigenvalue weighted by Gasteiger charge is 2.40. The maximum Gasteiger partial charge on any atom is 0.251 e. The Morgan fingerprint density at radius 2 is 1.58 bits per heavy atom. The number of para-hydroxylation sites is 3. The van der Waals surface area contributed by atoms with E-state index in [9.17, 15) is 14.4 Å². The number of nitrogens with one attached hydrogen (secondary N) is 1. The lowest BCUT2D eigenvalue weighted by Gasteiger charge is -2.29. The van der Waals surface area contributed by atoms with Crippen molar-refractivity contribution in [1.29, 1.82) is 0 Å². The van der Waals surface area contributed by atoms with Crippen LogP contribution in [0.15, 0.2) is 103 Å². The summed E-state index contributed by atoms with van der Waals surface area (Å²) in [6, 6.07) is 33.0. The Labute approximate surface area is 282 Å². The normalized spacial score (nSPS) is 17.2. The Morgan fingerprint density at radius 1 is 0.875 bits per heavy atom. The van der Waals surface area contributed by atoms with Crippen molar-refractivity contribution in [1.82, 2.24) is 5.32 Å². The molecule has 8 heteroatoms. The Morgan fingerprint density at radius 3 is 2.25 bits per heavy atom. The lowest BCUT2D eigenvalue weighted by atomic mass is 9.83. The monoisotopic (exact) mass is 644 g/mol. The van der Waals surface area contributed by atoms with Crippen LogP contribution in [-0.4, -0.2) is 37.4 Å². The second-order valence-corrected chi connectivity index (χ2v) is 12.9. The van der Waals surface area contributed by atoms with Gasteiger partial charge in [-0.25, -0.2) is 0 Å². The van der Waals surface area contributed by atoms with E-state index in [0.29, 0.717) is 25.3 Å². The first-order valence-corrected chi connectivity index (χ1v) is 16.9. The van der Waals surface area contributed by atoms with Gasteiger partial charge in [-0.1, -0.05) is 86.8 Å². The summed E-state index contributed by atoms with van der Waals surface area (Å²) in [7, 11) is 1.65. The minimum absolute atomic E-state index is 0.208. The maximum atomic E-state index is 14.7. The Hall–Kier alpha value is -5.11. The van der Waals surface area contributed by atoms with Crippen molar-refractivity contribution in [3.05, 3.63) is 109 Å². The number of ether oxygens (including phenoxy) is 1. The Balaban J connectivity index is 1.36. The molecule has 0 aromatic heterocycles. The highest BCUT2D eigenvalue weighted by atomic mass is 16.5. The first-order valence-electron chi connectivity index (χ1n) is 16.9. The number of anilines is 3. The molecule has 48 heavy (non-hydrogen) atoms. The lowest BCUT2D eigenvalue weighted by molar-refractivity contribution is -0.135. The Kier molecular flexibility index (Phi) is 10.1. The average molecular weight is 645 g/mol. The molecule has 1 fully saturated rings. The quantitative estimate of drug-likeness (QED) is 0.166. The van der Waals surface area contributed by atoms with Gasteiger partial charge in [-0.2, -0.15) is 0 Å². The van der Waals surface area contributed by atoms with Gasteiger partial charge in [-0.15, -0.1) is 0 Å². The fraction of sp³-hybridized carbons (Fsp3) is 0.325. The molecule has 4 aromatic rings. The van der Waals surface area contributed by atoms with Crippen LogP contribution in [-0.2, 0) is 20.9 Å². The first kappa shape index (κ1) is 32.8. The van der Waals surface area contributed by atoms with E-state index >= 15 is 0 Å². The fourth-order valence-corrected chi connectivity index (χ4v) is 6.82. The molecule has 1 heterocycles. The maximum absolute atomic E-state index is 14.7. The number of carbonyl (C=O) groups excluding carboxylic acids is 3. The van der Waals surface area contributed by atoms with Gasteiger partial charge in [0.25, 0.3) is 5.91 Å². The molecule has 3 N–H and O–H groups in total. The number of benzene rings is 4. The molecular formula is C40H44N4O4. The lowest BCUT2D eigenvalue weighted by Crippen LogP contribution is -2.54. The summed E-state index contributed by atoms with van der Waals surface area (Å²) < 4.78 is 5.34. The number of amides is 3. The average Bonchev–Trinajstić information content (AvgIpc) is 3.95. The summed E-state index contributed by atoms with van der Waals surface area (Å²) >= 11 is 0. The molecule has 1 aliphatic carbocycles. The SMILES string of the molecule is CCCC(C(N)=O)C(CC1CC1)C(=O)NC1CN(c2ccccc2)c2ccccc2N(Cc2cccc(-c3ccc(OC)cc3)c2)C1=O. The molecule has 3 atom stereocenters. The molecular weight excluding hydrogens is 600 g/mol. The van der Waals surface area contributed by atoms with Crippen LogP contribution in [0.4, 0.5) is 17.1 Å². The van der Waals surface area contributed by atoms with Crippen LogP contribution in [0.1, 0.15) is 44.6 Å². The molecule has 3 unspecified atom stereocenters. The van der Waals surface area contributed by atoms with E-state index in [4.69, 9.17) is 10.5 Å². The molecule has 2 aliphatic rings. The molecule has 0 bridgehead atoms. The smallest absolute Gasteiger partial charge is 0.251 e. The number of hydrogen-bond acceptors (Lipinski definition) is 5. The number of methoxy groups -OCH3 is 1. The molecule has 1 saturated carbocycles. The van der Waals surface area contributed by atoms with E-state index in [1.807, 2.05) is 97.9 Å². The zero-order valence-electron chi connectivity index (χ0n) is 27.7. The van der Waals surface area contributed by atoms with Crippen LogP contribution in [0.3, 0.4) is 0 Å². The topological polar surface area (TPSA) is 105 Å². The summed E-state index contributed by atoms with van der Waals surface area (Å²) in [6.45, 7) is 2.53. The van der Waals surface area contributed by atoms with E-state index in [2.05, 4.69) is 22.3 Å². The van der Waals surface area contributed by atoms with E-state index < -0.39 is 23.8 Å². The number of rotatable bonds is 13. The van der Waals surface area contributed by atoms with Crippen molar-refractivity contribution >= 4 is 34.8 Å². The highest BCUT2D eigenvalue weighted by Crippen LogP contribution is 2.40. The molecule has 3 amide bonds. The van der Waals surface area contributed by atoms with Crippen LogP contribution >= 0.6 is 0 Å². The highest BCUT2D eigenvalue weighted by molar-refractivity contribution is 6.04. The van der Waals surface area contributed by atoms with Crippen LogP contribution in [0, 0.1) is 17.8 Å². The minimum Gasteiger partial charge on any atom is -0.497 e. The van der Waals surface area contributed by atoms with Crippen molar-refractivity contribution < 1.29 is 19.1 Å². The second kappa shape index (κ2) is 14.8. The van der Waals surface area contributed by atoms with Crippen molar-refractivity contribution in [2.24, 2.45) is 23.5 Å². The van der Waals surface area contributed by atoms with E-state index in [0.717, 1.165) is 58.8 Å². The molecule has 1 aliphatic heterocycles. The molecule has 8 nitrogen and oxygen atoms in total. The van der Waals surface area contributed by atoms with Gasteiger partial charge >= 0.3 is 0 Å². The second-order valence-electron chi connectivity index (χ2n) is 12.9. The number of primary amides is 1. The van der Waals surface area contributed by atoms with Crippen molar-refractivity contribution in [2.75, 3.05) is 23.5 Å². The standard InChI is InChI=1S/C40H44N4O4/c1-3-10-33(38(41)45)34(24-27-17-18-27)39(46)42-35-26-43(31-13-5-4-6-14-31)36-15-7-8-16-37(36)44(40(35)47)25-28-11-9-12-30(23-28)29-19-21-32(48-2)22-20-29/h4-9,11-16,19-23,27,33-35H,3,10,17-18,24-26H2,1-2H3,(H2,41,45)(H,42,46). The Bertz CT molecular complexity index is 1740. The number of nitrogens with zero attached hydrogens (tertiary/aromatic N) is 2. The minimum atomic E-state index is -0.869. The summed E-state index contributed by atoms with van der Waals surface area (Å²) in [5.41, 5.74) is 11.4. The number of fused-ring (bicyclic) bond motifs is 1. The summed E-state index contributed by atoms with van der Waals surface area (Å²) in [4.78, 5) is 45.4. The van der Waals surface area contributed by atoms with Gasteiger partial charge in [0, 0.05) is 17.5 Å². The summed E-state index contributed by atoms with van der Waals surface area (Å²) in [6.07, 6.45) is 3.97. The van der Waals surface area contributed by atoms with Crippen molar-refractivity contribution in [2.45, 2.75) is 51.6 Å². The van der Waals surface area contributed by atoms with E-state index in [1.165, 1.54) is 0 Å². The summed E-state index contributed by atoms with van der Waals surface area (Å²) in [5.74, 6) is -0.901. The van der Waals surface area contributed by atoms with Crippen LogP contribution in [0.2, 0.25) is 0 Å². The number of nitrogens with two attached hydrogens (primary N) is 1. The van der Waals surface area contributed by atoms with Gasteiger partial charge in [0.05, 0.1) is 31.6 Å². The molecule has 0 spiro atoms. The third-order valence-electron chi connectivity index (χ3n) is 9.54.